The quantitative estimate of drug-likeness (QED) is 0.858. The minimum absolute atomic E-state index is 0.347. The van der Waals surface area contributed by atoms with Crippen LogP contribution >= 0.6 is 0 Å². The third-order valence-corrected chi connectivity index (χ3v) is 3.54. The second-order valence-electron chi connectivity index (χ2n) is 5.19. The average molecular weight is 248 g/mol. The topological polar surface area (TPSA) is 35.5 Å². The predicted octanol–water partition coefficient (Wildman–Crippen LogP) is 2.36. The Balaban J connectivity index is 1.92. The van der Waals surface area contributed by atoms with E-state index in [1.807, 2.05) is 12.1 Å². The second-order valence-corrected chi connectivity index (χ2v) is 5.19. The molecule has 0 amide bonds. The molecule has 2 N–H and O–H groups in total. The molecule has 0 radical (unpaired) electrons. The van der Waals surface area contributed by atoms with E-state index in [9.17, 15) is 5.11 Å². The van der Waals surface area contributed by atoms with Gasteiger partial charge < -0.3 is 10.4 Å². The summed E-state index contributed by atoms with van der Waals surface area (Å²) >= 11 is 0. The number of phenols is 1. The molecule has 1 atom stereocenters. The normalized spacial score (nSPS) is 21.7. The lowest BCUT2D eigenvalue weighted by atomic mass is 10.1. The number of hydrogen-bond donors (Lipinski definition) is 2. The Morgan fingerprint density at radius 2 is 2.11 bits per heavy atom. The largest absolute Gasteiger partial charge is 0.508 e. The SMILES string of the molecule is CCCC1CN(Cc2ccc(O)cc2)CCCN1. The highest BCUT2D eigenvalue weighted by molar-refractivity contribution is 5.25. The maximum Gasteiger partial charge on any atom is 0.115 e. The molecule has 1 aliphatic heterocycles. The molecule has 1 heterocycles. The summed E-state index contributed by atoms with van der Waals surface area (Å²) in [4.78, 5) is 2.52. The van der Waals surface area contributed by atoms with Crippen LogP contribution in [0, 0.1) is 0 Å². The molecule has 1 aromatic rings. The summed E-state index contributed by atoms with van der Waals surface area (Å²) in [6, 6.07) is 8.21. The van der Waals surface area contributed by atoms with Gasteiger partial charge in [0.05, 0.1) is 0 Å². The zero-order valence-electron chi connectivity index (χ0n) is 11.2. The van der Waals surface area contributed by atoms with E-state index >= 15 is 0 Å². The molecule has 0 aromatic heterocycles. The van der Waals surface area contributed by atoms with Gasteiger partial charge in [-0.05, 0) is 43.6 Å². The van der Waals surface area contributed by atoms with Crippen molar-refractivity contribution in [3.05, 3.63) is 29.8 Å². The fourth-order valence-electron chi connectivity index (χ4n) is 2.62. The van der Waals surface area contributed by atoms with Crippen LogP contribution < -0.4 is 5.32 Å². The van der Waals surface area contributed by atoms with Gasteiger partial charge >= 0.3 is 0 Å². The van der Waals surface area contributed by atoms with Crippen LogP contribution in [0.15, 0.2) is 24.3 Å². The number of nitrogens with zero attached hydrogens (tertiary/aromatic N) is 1. The molecule has 0 spiro atoms. The molecule has 1 aliphatic rings. The molecule has 100 valence electrons. The molecular weight excluding hydrogens is 224 g/mol. The van der Waals surface area contributed by atoms with Crippen molar-refractivity contribution in [3.8, 4) is 5.75 Å². The summed E-state index contributed by atoms with van der Waals surface area (Å²) in [5, 5.41) is 12.9. The van der Waals surface area contributed by atoms with E-state index in [-0.39, 0.29) is 0 Å². The summed E-state index contributed by atoms with van der Waals surface area (Å²) in [6.45, 7) is 6.67. The molecule has 1 saturated heterocycles. The van der Waals surface area contributed by atoms with Gasteiger partial charge in [-0.25, -0.2) is 0 Å². The lowest BCUT2D eigenvalue weighted by molar-refractivity contribution is 0.255. The first kappa shape index (κ1) is 13.4. The first-order valence-corrected chi connectivity index (χ1v) is 7.01. The molecule has 0 aliphatic carbocycles. The molecule has 3 heteroatoms. The van der Waals surface area contributed by atoms with E-state index in [0.29, 0.717) is 11.8 Å². The van der Waals surface area contributed by atoms with Crippen molar-refractivity contribution in [2.75, 3.05) is 19.6 Å². The minimum atomic E-state index is 0.347. The predicted molar refractivity (Wildman–Crippen MR) is 74.7 cm³/mol. The highest BCUT2D eigenvalue weighted by Crippen LogP contribution is 2.14. The van der Waals surface area contributed by atoms with E-state index in [2.05, 4.69) is 17.1 Å². The van der Waals surface area contributed by atoms with Crippen molar-refractivity contribution >= 4 is 0 Å². The standard InChI is InChI=1S/C15H24N2O/c1-2-4-14-12-17(10-3-9-16-14)11-13-5-7-15(18)8-6-13/h5-8,14,16,18H,2-4,9-12H2,1H3. The Morgan fingerprint density at radius 1 is 1.33 bits per heavy atom. The van der Waals surface area contributed by atoms with Crippen LogP contribution in [0.3, 0.4) is 0 Å². The molecular formula is C15H24N2O. The van der Waals surface area contributed by atoms with E-state index in [0.717, 1.165) is 26.2 Å². The van der Waals surface area contributed by atoms with E-state index in [4.69, 9.17) is 0 Å². The molecule has 1 fully saturated rings. The molecule has 0 bridgehead atoms. The van der Waals surface area contributed by atoms with Gasteiger partial charge in [-0.1, -0.05) is 25.5 Å². The van der Waals surface area contributed by atoms with E-state index in [1.165, 1.54) is 24.8 Å². The number of aromatic hydroxyl groups is 1. The van der Waals surface area contributed by atoms with Crippen LogP contribution in [0.2, 0.25) is 0 Å². The Bertz CT molecular complexity index is 350. The van der Waals surface area contributed by atoms with Crippen molar-refractivity contribution in [1.82, 2.24) is 10.2 Å². The van der Waals surface area contributed by atoms with Crippen molar-refractivity contribution in [1.29, 1.82) is 0 Å². The first-order chi connectivity index (χ1) is 8.78. The van der Waals surface area contributed by atoms with Gasteiger partial charge in [-0.15, -0.1) is 0 Å². The van der Waals surface area contributed by atoms with Gasteiger partial charge in [0.1, 0.15) is 5.75 Å². The van der Waals surface area contributed by atoms with Crippen LogP contribution in [0.5, 0.6) is 5.75 Å². The molecule has 3 nitrogen and oxygen atoms in total. The Labute approximate surface area is 110 Å². The molecule has 18 heavy (non-hydrogen) atoms. The van der Waals surface area contributed by atoms with Crippen molar-refractivity contribution < 1.29 is 5.11 Å². The van der Waals surface area contributed by atoms with E-state index < -0.39 is 0 Å². The van der Waals surface area contributed by atoms with Gasteiger partial charge in [0.25, 0.3) is 0 Å². The Morgan fingerprint density at radius 3 is 2.83 bits per heavy atom. The average Bonchev–Trinajstić information content (AvgIpc) is 2.58. The first-order valence-electron chi connectivity index (χ1n) is 7.01. The number of hydrogen-bond acceptors (Lipinski definition) is 3. The number of nitrogens with one attached hydrogen (secondary N) is 1. The number of benzene rings is 1. The molecule has 1 unspecified atom stereocenters. The van der Waals surface area contributed by atoms with Crippen molar-refractivity contribution in [3.63, 3.8) is 0 Å². The Kier molecular flexibility index (Phi) is 5.02. The minimum Gasteiger partial charge on any atom is -0.508 e. The summed E-state index contributed by atoms with van der Waals surface area (Å²) in [7, 11) is 0. The van der Waals surface area contributed by atoms with Crippen LogP contribution in [0.1, 0.15) is 31.7 Å². The van der Waals surface area contributed by atoms with Crippen molar-refractivity contribution in [2.45, 2.75) is 38.8 Å². The summed E-state index contributed by atoms with van der Waals surface area (Å²) in [5.41, 5.74) is 1.28. The second kappa shape index (κ2) is 6.76. The Hall–Kier alpha value is -1.06. The highest BCUT2D eigenvalue weighted by atomic mass is 16.3. The van der Waals surface area contributed by atoms with Crippen LogP contribution in [0.25, 0.3) is 0 Å². The summed E-state index contributed by atoms with van der Waals surface area (Å²) < 4.78 is 0. The smallest absolute Gasteiger partial charge is 0.115 e. The zero-order chi connectivity index (χ0) is 12.8. The third kappa shape index (κ3) is 4.00. The highest BCUT2D eigenvalue weighted by Gasteiger charge is 2.16. The monoisotopic (exact) mass is 248 g/mol. The fraction of sp³-hybridized carbons (Fsp3) is 0.600. The maximum atomic E-state index is 9.30. The lowest BCUT2D eigenvalue weighted by Gasteiger charge is -2.24. The lowest BCUT2D eigenvalue weighted by Crippen LogP contribution is -2.37. The van der Waals surface area contributed by atoms with Crippen molar-refractivity contribution in [2.24, 2.45) is 0 Å². The summed E-state index contributed by atoms with van der Waals surface area (Å²) in [6.07, 6.45) is 3.72. The van der Waals surface area contributed by atoms with Crippen LogP contribution in [-0.4, -0.2) is 35.7 Å². The third-order valence-electron chi connectivity index (χ3n) is 3.54. The van der Waals surface area contributed by atoms with Gasteiger partial charge in [0.2, 0.25) is 0 Å². The molecule has 2 rings (SSSR count). The van der Waals surface area contributed by atoms with Gasteiger partial charge in [-0.3, -0.25) is 4.90 Å². The van der Waals surface area contributed by atoms with Gasteiger partial charge in [-0.2, -0.15) is 0 Å². The number of phenolic OH excluding ortho intramolecular Hbond substituents is 1. The summed E-state index contributed by atoms with van der Waals surface area (Å²) in [5.74, 6) is 0.347. The van der Waals surface area contributed by atoms with Gasteiger partial charge in [0.15, 0.2) is 0 Å². The van der Waals surface area contributed by atoms with Gasteiger partial charge in [0, 0.05) is 19.1 Å². The van der Waals surface area contributed by atoms with Crippen LogP contribution in [0.4, 0.5) is 0 Å². The van der Waals surface area contributed by atoms with Crippen LogP contribution in [-0.2, 0) is 6.54 Å². The zero-order valence-corrected chi connectivity index (χ0v) is 11.2. The maximum absolute atomic E-state index is 9.30. The molecule has 1 aromatic carbocycles. The number of rotatable bonds is 4. The fourth-order valence-corrected chi connectivity index (χ4v) is 2.62. The van der Waals surface area contributed by atoms with E-state index in [1.54, 1.807) is 12.1 Å². The molecule has 0 saturated carbocycles.